The summed E-state index contributed by atoms with van der Waals surface area (Å²) in [4.78, 5) is 12.4. The summed E-state index contributed by atoms with van der Waals surface area (Å²) < 4.78 is 28.8. The third kappa shape index (κ3) is 2.12. The number of likely N-dealkylation sites (tertiary alicyclic amines) is 1. The number of nitrogens with two attached hydrogens (primary N) is 1. The molecule has 2 N–H and O–H groups in total. The van der Waals surface area contributed by atoms with Crippen LogP contribution in [0.5, 0.6) is 0 Å². The number of nitrogens with zero attached hydrogens (tertiary/aromatic N) is 1. The van der Waals surface area contributed by atoms with Gasteiger partial charge in [-0.25, -0.2) is 4.18 Å². The first kappa shape index (κ1) is 13.0. The maximum absolute atomic E-state index is 11.9. The van der Waals surface area contributed by atoms with E-state index in [1.54, 1.807) is 12.1 Å². The number of hydrogen-bond acceptors (Lipinski definition) is 5. The highest BCUT2D eigenvalue weighted by molar-refractivity contribution is 7.86. The van der Waals surface area contributed by atoms with Crippen LogP contribution in [-0.2, 0) is 19.1 Å². The van der Waals surface area contributed by atoms with Crippen molar-refractivity contribution in [3.63, 3.8) is 0 Å². The highest BCUT2D eigenvalue weighted by atomic mass is 32.2. The lowest BCUT2D eigenvalue weighted by Gasteiger charge is -2.41. The molecule has 2 rings (SSSR count). The Labute approximate surface area is 105 Å². The highest BCUT2D eigenvalue weighted by Gasteiger charge is 2.46. The van der Waals surface area contributed by atoms with Gasteiger partial charge in [0.2, 0.25) is 5.91 Å². The SMILES string of the molecule is Cc1ccc(S(=O)(=O)O[C@H]2[C@@H](N)C(=O)N2C)cc1. The molecule has 0 spiro atoms. The van der Waals surface area contributed by atoms with Gasteiger partial charge in [-0.3, -0.25) is 4.79 Å². The van der Waals surface area contributed by atoms with Crippen LogP contribution in [0.4, 0.5) is 0 Å². The van der Waals surface area contributed by atoms with E-state index in [0.29, 0.717) is 0 Å². The van der Waals surface area contributed by atoms with Crippen LogP contribution in [0.3, 0.4) is 0 Å². The summed E-state index contributed by atoms with van der Waals surface area (Å²) in [6.45, 7) is 1.85. The molecule has 1 fully saturated rings. The van der Waals surface area contributed by atoms with E-state index in [1.807, 2.05) is 6.92 Å². The molecule has 0 unspecified atom stereocenters. The Morgan fingerprint density at radius 3 is 2.33 bits per heavy atom. The predicted octanol–water partition coefficient (Wildman–Crippen LogP) is -0.174. The zero-order valence-corrected chi connectivity index (χ0v) is 10.8. The van der Waals surface area contributed by atoms with Crippen molar-refractivity contribution in [2.24, 2.45) is 5.73 Å². The van der Waals surface area contributed by atoms with Gasteiger partial charge in [-0.1, -0.05) is 17.7 Å². The molecule has 1 heterocycles. The second-order valence-electron chi connectivity index (χ2n) is 4.23. The largest absolute Gasteiger partial charge is 0.316 e. The van der Waals surface area contributed by atoms with Crippen molar-refractivity contribution in [2.75, 3.05) is 7.05 Å². The normalized spacial score (nSPS) is 23.9. The van der Waals surface area contributed by atoms with Crippen molar-refractivity contribution in [1.82, 2.24) is 4.90 Å². The second-order valence-corrected chi connectivity index (χ2v) is 5.80. The first-order valence-corrected chi connectivity index (χ1v) is 6.76. The third-order valence-electron chi connectivity index (χ3n) is 2.86. The van der Waals surface area contributed by atoms with Gasteiger partial charge in [-0.15, -0.1) is 0 Å². The fraction of sp³-hybridized carbons (Fsp3) is 0.364. The topological polar surface area (TPSA) is 89.7 Å². The standard InChI is InChI=1S/C11H14N2O4S/c1-7-3-5-8(6-4-7)18(15,16)17-11-9(12)10(14)13(11)2/h3-6,9,11H,12H2,1-2H3/t9-,11-/m0/s1. The Bertz CT molecular complexity index is 555. The lowest BCUT2D eigenvalue weighted by Crippen LogP contribution is -2.68. The molecule has 98 valence electrons. The van der Waals surface area contributed by atoms with Crippen LogP contribution in [-0.4, -0.2) is 38.5 Å². The van der Waals surface area contributed by atoms with Gasteiger partial charge in [0.25, 0.3) is 10.1 Å². The van der Waals surface area contributed by atoms with Crippen molar-refractivity contribution < 1.29 is 17.4 Å². The molecule has 2 atom stereocenters. The van der Waals surface area contributed by atoms with Crippen LogP contribution in [0.25, 0.3) is 0 Å². The van der Waals surface area contributed by atoms with Gasteiger partial charge < -0.3 is 10.6 Å². The van der Waals surface area contributed by atoms with E-state index in [9.17, 15) is 13.2 Å². The van der Waals surface area contributed by atoms with Crippen molar-refractivity contribution in [3.8, 4) is 0 Å². The molecule has 1 aliphatic heterocycles. The Hall–Kier alpha value is -1.44. The molecule has 0 bridgehead atoms. The van der Waals surface area contributed by atoms with E-state index in [0.717, 1.165) is 10.5 Å². The lowest BCUT2D eigenvalue weighted by molar-refractivity contribution is -0.160. The van der Waals surface area contributed by atoms with Crippen LogP contribution in [0.2, 0.25) is 0 Å². The maximum Gasteiger partial charge on any atom is 0.299 e. The molecule has 0 aromatic heterocycles. The van der Waals surface area contributed by atoms with E-state index in [2.05, 4.69) is 0 Å². The van der Waals surface area contributed by atoms with Crippen molar-refractivity contribution >= 4 is 16.0 Å². The summed E-state index contributed by atoms with van der Waals surface area (Å²) in [6, 6.07) is 5.33. The predicted molar refractivity (Wildman–Crippen MR) is 64.0 cm³/mol. The van der Waals surface area contributed by atoms with Crippen LogP contribution in [0.15, 0.2) is 29.2 Å². The van der Waals surface area contributed by atoms with Crippen LogP contribution >= 0.6 is 0 Å². The van der Waals surface area contributed by atoms with Gasteiger partial charge in [0.1, 0.15) is 6.04 Å². The average Bonchev–Trinajstić information content (AvgIpc) is 2.35. The fourth-order valence-electron chi connectivity index (χ4n) is 1.66. The summed E-state index contributed by atoms with van der Waals surface area (Å²) in [5.74, 6) is -0.334. The summed E-state index contributed by atoms with van der Waals surface area (Å²) in [5.41, 5.74) is 6.43. The Balaban J connectivity index is 2.18. The smallest absolute Gasteiger partial charge is 0.299 e. The highest BCUT2D eigenvalue weighted by Crippen LogP contribution is 2.23. The summed E-state index contributed by atoms with van der Waals surface area (Å²) in [5, 5.41) is 0. The van der Waals surface area contributed by atoms with Crippen molar-refractivity contribution in [3.05, 3.63) is 29.8 Å². The number of carbonyl (C=O) groups excluding carboxylic acids is 1. The fourth-order valence-corrected chi connectivity index (χ4v) is 2.74. The van der Waals surface area contributed by atoms with Crippen LogP contribution < -0.4 is 5.73 Å². The number of benzene rings is 1. The molecule has 1 aliphatic rings. The third-order valence-corrected chi connectivity index (χ3v) is 4.16. The maximum atomic E-state index is 11.9. The summed E-state index contributed by atoms with van der Waals surface area (Å²) in [6.07, 6.45) is -0.927. The molecular formula is C11H14N2O4S. The van der Waals surface area contributed by atoms with Gasteiger partial charge >= 0.3 is 0 Å². The molecule has 1 saturated heterocycles. The molecule has 0 aliphatic carbocycles. The first-order valence-electron chi connectivity index (χ1n) is 5.35. The van der Waals surface area contributed by atoms with Gasteiger partial charge in [-0.2, -0.15) is 8.42 Å². The number of hydrogen-bond donors (Lipinski definition) is 1. The van der Waals surface area contributed by atoms with Crippen molar-refractivity contribution in [2.45, 2.75) is 24.1 Å². The number of rotatable bonds is 3. The molecular weight excluding hydrogens is 256 g/mol. The summed E-state index contributed by atoms with van der Waals surface area (Å²) >= 11 is 0. The van der Waals surface area contributed by atoms with Gasteiger partial charge in [0, 0.05) is 7.05 Å². The van der Waals surface area contributed by atoms with Gasteiger partial charge in [0.15, 0.2) is 6.23 Å². The van der Waals surface area contributed by atoms with Gasteiger partial charge in [-0.05, 0) is 19.1 Å². The minimum absolute atomic E-state index is 0.0491. The van der Waals surface area contributed by atoms with Crippen LogP contribution in [0.1, 0.15) is 5.56 Å². The van der Waals surface area contributed by atoms with E-state index in [-0.39, 0.29) is 10.8 Å². The number of amides is 1. The monoisotopic (exact) mass is 270 g/mol. The molecule has 6 nitrogen and oxygen atoms in total. The minimum Gasteiger partial charge on any atom is -0.316 e. The Morgan fingerprint density at radius 1 is 1.28 bits per heavy atom. The molecule has 0 radical (unpaired) electrons. The number of carbonyl (C=O) groups is 1. The zero-order chi connectivity index (χ0) is 13.5. The molecule has 1 aromatic carbocycles. The van der Waals surface area contributed by atoms with E-state index in [1.165, 1.54) is 19.2 Å². The lowest BCUT2D eigenvalue weighted by atomic mass is 10.1. The number of aryl methyl sites for hydroxylation is 1. The average molecular weight is 270 g/mol. The number of likely N-dealkylation sites (N-methyl/N-ethyl adjacent to an activating group) is 1. The van der Waals surface area contributed by atoms with E-state index in [4.69, 9.17) is 9.92 Å². The van der Waals surface area contributed by atoms with Crippen molar-refractivity contribution in [1.29, 1.82) is 0 Å². The van der Waals surface area contributed by atoms with Crippen LogP contribution in [0, 0.1) is 6.92 Å². The summed E-state index contributed by atoms with van der Waals surface area (Å²) in [7, 11) is -2.45. The molecule has 1 aromatic rings. The molecule has 7 heteroatoms. The Kier molecular flexibility index (Phi) is 3.14. The molecule has 18 heavy (non-hydrogen) atoms. The number of β-lactam (4-membered cyclic amide) rings is 1. The van der Waals surface area contributed by atoms with Gasteiger partial charge in [0.05, 0.1) is 4.90 Å². The molecule has 1 amide bonds. The quantitative estimate of drug-likeness (QED) is 0.608. The molecule has 0 saturated carbocycles. The Morgan fingerprint density at radius 2 is 1.83 bits per heavy atom. The zero-order valence-electron chi connectivity index (χ0n) is 10.0. The second kappa shape index (κ2) is 4.34. The van der Waals surface area contributed by atoms with E-state index >= 15 is 0 Å². The first-order chi connectivity index (χ1) is 8.33. The minimum atomic E-state index is -3.90. The van der Waals surface area contributed by atoms with E-state index < -0.39 is 22.4 Å².